The monoisotopic (exact) mass is 413 g/mol. The molecule has 0 fully saturated rings. The van der Waals surface area contributed by atoms with Crippen LogP contribution in [0.5, 0.6) is 0 Å². The molecule has 7 heteroatoms. The Morgan fingerprint density at radius 3 is 2.38 bits per heavy atom. The van der Waals surface area contributed by atoms with Crippen LogP contribution in [0.2, 0.25) is 5.15 Å². The number of alkyl halides is 3. The zero-order valence-electron chi connectivity index (χ0n) is 11.9. The van der Waals surface area contributed by atoms with E-state index in [2.05, 4.69) is 20.9 Å². The molecule has 0 aliphatic rings. The lowest BCUT2D eigenvalue weighted by atomic mass is 9.94. The third kappa shape index (κ3) is 3.03. The molecule has 0 bridgehead atoms. The standard InChI is InChI=1S/C17H8BrClF3NO/c18-10-6-7-12-11(8-10)13(9-4-2-1-3-5-9)14(16(19)23-12)15(24)17(20,21)22/h1-8H. The van der Waals surface area contributed by atoms with E-state index in [1.807, 2.05) is 0 Å². The minimum absolute atomic E-state index is 0.120. The fourth-order valence-corrected chi connectivity index (χ4v) is 3.09. The summed E-state index contributed by atoms with van der Waals surface area (Å²) in [6.45, 7) is 0. The van der Waals surface area contributed by atoms with Gasteiger partial charge in [0.05, 0.1) is 11.1 Å². The number of hydrogen-bond acceptors (Lipinski definition) is 2. The summed E-state index contributed by atoms with van der Waals surface area (Å²) in [6, 6.07) is 13.3. The number of ketones is 1. The van der Waals surface area contributed by atoms with Crippen molar-refractivity contribution in [1.82, 2.24) is 4.98 Å². The van der Waals surface area contributed by atoms with Gasteiger partial charge in [-0.25, -0.2) is 4.98 Å². The molecule has 0 N–H and O–H groups in total. The molecule has 0 aliphatic heterocycles. The summed E-state index contributed by atoms with van der Waals surface area (Å²) in [6.07, 6.45) is -5.05. The first-order valence-corrected chi connectivity index (χ1v) is 7.92. The summed E-state index contributed by atoms with van der Waals surface area (Å²) in [5.41, 5.74) is 0.341. The number of fused-ring (bicyclic) bond motifs is 1. The van der Waals surface area contributed by atoms with Gasteiger partial charge in [-0.1, -0.05) is 57.9 Å². The largest absolute Gasteiger partial charge is 0.455 e. The van der Waals surface area contributed by atoms with Crippen molar-refractivity contribution in [3.63, 3.8) is 0 Å². The van der Waals surface area contributed by atoms with Crippen molar-refractivity contribution in [2.24, 2.45) is 0 Å². The molecule has 0 atom stereocenters. The quantitative estimate of drug-likeness (QED) is 0.377. The first-order chi connectivity index (χ1) is 11.3. The van der Waals surface area contributed by atoms with E-state index >= 15 is 0 Å². The van der Waals surface area contributed by atoms with Gasteiger partial charge in [-0.15, -0.1) is 0 Å². The van der Waals surface area contributed by atoms with Crippen LogP contribution in [-0.2, 0) is 0 Å². The van der Waals surface area contributed by atoms with Crippen LogP contribution in [0.4, 0.5) is 13.2 Å². The number of halogens is 5. The number of pyridine rings is 1. The number of aromatic nitrogens is 1. The van der Waals surface area contributed by atoms with Crippen LogP contribution < -0.4 is 0 Å². The zero-order valence-corrected chi connectivity index (χ0v) is 14.2. The normalized spacial score (nSPS) is 11.7. The number of carbonyl (C=O) groups is 1. The van der Waals surface area contributed by atoms with E-state index < -0.39 is 22.7 Å². The maximum absolute atomic E-state index is 13.0. The first-order valence-electron chi connectivity index (χ1n) is 6.74. The molecule has 122 valence electrons. The Kier molecular flexibility index (Phi) is 4.36. The molecule has 0 saturated heterocycles. The van der Waals surface area contributed by atoms with Gasteiger partial charge in [0.2, 0.25) is 0 Å². The van der Waals surface area contributed by atoms with E-state index in [1.54, 1.807) is 48.5 Å². The van der Waals surface area contributed by atoms with Gasteiger partial charge < -0.3 is 0 Å². The molecule has 3 rings (SSSR count). The topological polar surface area (TPSA) is 30.0 Å². The second-order valence-electron chi connectivity index (χ2n) is 5.01. The molecule has 2 nitrogen and oxygen atoms in total. The molecule has 0 radical (unpaired) electrons. The highest BCUT2D eigenvalue weighted by Crippen LogP contribution is 2.39. The summed E-state index contributed by atoms with van der Waals surface area (Å²) in [5, 5.41) is -0.0569. The zero-order chi connectivity index (χ0) is 17.5. The Labute approximate surface area is 148 Å². The molecule has 0 amide bonds. The van der Waals surface area contributed by atoms with Crippen LogP contribution in [0.25, 0.3) is 22.0 Å². The van der Waals surface area contributed by atoms with Crippen molar-refractivity contribution in [1.29, 1.82) is 0 Å². The van der Waals surface area contributed by atoms with Crippen LogP contribution in [0.1, 0.15) is 10.4 Å². The number of Topliss-reactive ketones (excluding diaryl/α,β-unsaturated/α-hetero) is 1. The lowest BCUT2D eigenvalue weighted by Crippen LogP contribution is -2.24. The summed E-state index contributed by atoms with van der Waals surface area (Å²) in [4.78, 5) is 15.9. The fraction of sp³-hybridized carbons (Fsp3) is 0.0588. The minimum Gasteiger partial charge on any atom is -0.284 e. The Bertz CT molecular complexity index is 942. The van der Waals surface area contributed by atoms with E-state index in [0.717, 1.165) is 0 Å². The smallest absolute Gasteiger partial charge is 0.284 e. The molecule has 0 spiro atoms. The lowest BCUT2D eigenvalue weighted by Gasteiger charge is -2.15. The molecule has 1 aromatic heterocycles. The highest BCUT2D eigenvalue weighted by Gasteiger charge is 2.42. The minimum atomic E-state index is -5.05. The maximum Gasteiger partial charge on any atom is 0.455 e. The molecule has 0 unspecified atom stereocenters. The Morgan fingerprint density at radius 1 is 1.08 bits per heavy atom. The van der Waals surface area contributed by atoms with Gasteiger partial charge in [0.15, 0.2) is 0 Å². The van der Waals surface area contributed by atoms with Crippen molar-refractivity contribution in [2.45, 2.75) is 6.18 Å². The molecule has 24 heavy (non-hydrogen) atoms. The van der Waals surface area contributed by atoms with Gasteiger partial charge in [0.1, 0.15) is 5.15 Å². The average molecular weight is 415 g/mol. The number of benzene rings is 2. The number of nitrogens with zero attached hydrogens (tertiary/aromatic N) is 1. The van der Waals surface area contributed by atoms with Crippen molar-refractivity contribution in [2.75, 3.05) is 0 Å². The van der Waals surface area contributed by atoms with Crippen LogP contribution in [0.3, 0.4) is 0 Å². The van der Waals surface area contributed by atoms with Crippen LogP contribution in [0.15, 0.2) is 53.0 Å². The molecule has 0 saturated carbocycles. The van der Waals surface area contributed by atoms with Gasteiger partial charge in [0, 0.05) is 15.4 Å². The van der Waals surface area contributed by atoms with Crippen molar-refractivity contribution in [3.05, 3.63) is 63.7 Å². The molecular formula is C17H8BrClF3NO. The Hall–Kier alpha value is -1.92. The van der Waals surface area contributed by atoms with Crippen molar-refractivity contribution in [3.8, 4) is 11.1 Å². The first kappa shape index (κ1) is 16.9. The Morgan fingerprint density at radius 2 is 1.75 bits per heavy atom. The van der Waals surface area contributed by atoms with E-state index in [0.29, 0.717) is 20.9 Å². The highest BCUT2D eigenvalue weighted by atomic mass is 79.9. The summed E-state index contributed by atoms with van der Waals surface area (Å²) in [5.74, 6) is -2.01. The fourth-order valence-electron chi connectivity index (χ4n) is 2.46. The third-order valence-electron chi connectivity index (χ3n) is 3.45. The van der Waals surface area contributed by atoms with E-state index in [1.165, 1.54) is 0 Å². The number of hydrogen-bond donors (Lipinski definition) is 0. The van der Waals surface area contributed by atoms with Crippen LogP contribution in [0, 0.1) is 0 Å². The van der Waals surface area contributed by atoms with Crippen LogP contribution >= 0.6 is 27.5 Å². The molecule has 3 aromatic rings. The molecular weight excluding hydrogens is 407 g/mol. The predicted octanol–water partition coefficient (Wildman–Crippen LogP) is 6.06. The highest BCUT2D eigenvalue weighted by molar-refractivity contribution is 9.10. The second kappa shape index (κ2) is 6.18. The van der Waals surface area contributed by atoms with Gasteiger partial charge in [-0.2, -0.15) is 13.2 Å². The van der Waals surface area contributed by atoms with Gasteiger partial charge >= 0.3 is 6.18 Å². The Balaban J connectivity index is 2.47. The number of rotatable bonds is 2. The average Bonchev–Trinajstić information content (AvgIpc) is 2.53. The van der Waals surface area contributed by atoms with E-state index in [9.17, 15) is 18.0 Å². The van der Waals surface area contributed by atoms with E-state index in [-0.39, 0.29) is 5.56 Å². The molecule has 2 aromatic carbocycles. The SMILES string of the molecule is O=C(c1c(Cl)nc2ccc(Br)cc2c1-c1ccccc1)C(F)(F)F. The van der Waals surface area contributed by atoms with Crippen molar-refractivity contribution < 1.29 is 18.0 Å². The van der Waals surface area contributed by atoms with Crippen LogP contribution in [-0.4, -0.2) is 16.9 Å². The van der Waals surface area contributed by atoms with Gasteiger partial charge in [-0.05, 0) is 23.8 Å². The lowest BCUT2D eigenvalue weighted by molar-refractivity contribution is -0.0884. The summed E-state index contributed by atoms with van der Waals surface area (Å²) in [7, 11) is 0. The van der Waals surface area contributed by atoms with Gasteiger partial charge in [-0.3, -0.25) is 4.79 Å². The van der Waals surface area contributed by atoms with Gasteiger partial charge in [0.25, 0.3) is 5.78 Å². The molecule has 0 aliphatic carbocycles. The van der Waals surface area contributed by atoms with E-state index in [4.69, 9.17) is 11.6 Å². The third-order valence-corrected chi connectivity index (χ3v) is 4.22. The predicted molar refractivity (Wildman–Crippen MR) is 90.3 cm³/mol. The summed E-state index contributed by atoms with van der Waals surface area (Å²) >= 11 is 9.25. The molecule has 1 heterocycles. The van der Waals surface area contributed by atoms with Crippen molar-refractivity contribution >= 4 is 44.2 Å². The number of carbonyl (C=O) groups excluding carboxylic acids is 1. The summed E-state index contributed by atoms with van der Waals surface area (Å²) < 4.78 is 39.8. The second-order valence-corrected chi connectivity index (χ2v) is 6.28. The maximum atomic E-state index is 13.0.